The Kier molecular flexibility index (Phi) is 5.31. The topological polar surface area (TPSA) is 23.6 Å². The molecule has 0 spiro atoms. The molecule has 0 fully saturated rings. The molecule has 1 amide bonds. The minimum absolute atomic E-state index is 0.133. The molecule has 27 heavy (non-hydrogen) atoms. The zero-order chi connectivity index (χ0) is 18.8. The number of hydrogen-bond acceptors (Lipinski definition) is 2. The van der Waals surface area contributed by atoms with E-state index in [4.69, 9.17) is 0 Å². The van der Waals surface area contributed by atoms with Crippen molar-refractivity contribution in [2.45, 2.75) is 51.5 Å². The third kappa shape index (κ3) is 3.41. The molecule has 2 atom stereocenters. The van der Waals surface area contributed by atoms with E-state index in [9.17, 15) is 4.79 Å². The van der Waals surface area contributed by atoms with E-state index in [0.29, 0.717) is 12.0 Å². The highest BCUT2D eigenvalue weighted by atomic mass is 16.2. The number of anilines is 1. The molecule has 2 unspecified atom stereocenters. The minimum Gasteiger partial charge on any atom is -0.307 e. The maximum absolute atomic E-state index is 13.1. The lowest BCUT2D eigenvalue weighted by molar-refractivity contribution is 0.0986. The lowest BCUT2D eigenvalue weighted by Gasteiger charge is -2.37. The van der Waals surface area contributed by atoms with Crippen LogP contribution < -0.4 is 4.90 Å². The van der Waals surface area contributed by atoms with Crippen molar-refractivity contribution in [2.24, 2.45) is 0 Å². The van der Waals surface area contributed by atoms with Crippen LogP contribution in [0.4, 0.5) is 5.69 Å². The molecular formula is C24H30N2O. The molecule has 1 aliphatic carbocycles. The van der Waals surface area contributed by atoms with Crippen molar-refractivity contribution in [1.29, 1.82) is 0 Å². The fraction of sp³-hybridized carbons (Fsp3) is 0.458. The molecule has 3 heteroatoms. The SMILES string of the molecule is CCCN(CCC)C1Cc2cccc3c2C(C1)CN3C(=O)c1ccccc1. The molecule has 0 saturated carbocycles. The van der Waals surface area contributed by atoms with Gasteiger partial charge in [-0.2, -0.15) is 0 Å². The van der Waals surface area contributed by atoms with Gasteiger partial charge in [0, 0.05) is 29.8 Å². The minimum atomic E-state index is 0.133. The van der Waals surface area contributed by atoms with Crippen molar-refractivity contribution < 1.29 is 4.79 Å². The zero-order valence-electron chi connectivity index (χ0n) is 16.5. The molecule has 2 aromatic rings. The van der Waals surface area contributed by atoms with Gasteiger partial charge in [-0.1, -0.05) is 44.2 Å². The largest absolute Gasteiger partial charge is 0.307 e. The molecule has 4 rings (SSSR count). The van der Waals surface area contributed by atoms with E-state index in [0.717, 1.165) is 24.2 Å². The van der Waals surface area contributed by atoms with Crippen LogP contribution in [-0.4, -0.2) is 36.5 Å². The van der Waals surface area contributed by atoms with Gasteiger partial charge in [0.1, 0.15) is 0 Å². The predicted molar refractivity (Wildman–Crippen MR) is 112 cm³/mol. The Morgan fingerprint density at radius 3 is 2.48 bits per heavy atom. The van der Waals surface area contributed by atoms with Crippen LogP contribution in [0.1, 0.15) is 60.5 Å². The quantitative estimate of drug-likeness (QED) is 0.732. The monoisotopic (exact) mass is 362 g/mol. The van der Waals surface area contributed by atoms with Gasteiger partial charge in [-0.3, -0.25) is 4.79 Å². The van der Waals surface area contributed by atoms with Crippen LogP contribution in [0.5, 0.6) is 0 Å². The van der Waals surface area contributed by atoms with Gasteiger partial charge >= 0.3 is 0 Å². The Morgan fingerprint density at radius 2 is 1.78 bits per heavy atom. The second-order valence-corrected chi connectivity index (χ2v) is 7.96. The second-order valence-electron chi connectivity index (χ2n) is 7.96. The Hall–Kier alpha value is -2.13. The van der Waals surface area contributed by atoms with Crippen LogP contribution in [0.25, 0.3) is 0 Å². The molecule has 142 valence electrons. The maximum atomic E-state index is 13.1. The number of rotatable bonds is 6. The first kappa shape index (κ1) is 18.2. The van der Waals surface area contributed by atoms with Gasteiger partial charge in [-0.15, -0.1) is 0 Å². The number of nitrogens with zero attached hydrogens (tertiary/aromatic N) is 2. The summed E-state index contributed by atoms with van der Waals surface area (Å²) in [4.78, 5) is 17.8. The highest BCUT2D eigenvalue weighted by molar-refractivity contribution is 6.07. The van der Waals surface area contributed by atoms with E-state index in [1.807, 2.05) is 35.2 Å². The molecule has 0 radical (unpaired) electrons. The molecule has 0 bridgehead atoms. The molecular weight excluding hydrogens is 332 g/mol. The molecule has 3 nitrogen and oxygen atoms in total. The van der Waals surface area contributed by atoms with E-state index < -0.39 is 0 Å². The van der Waals surface area contributed by atoms with E-state index in [-0.39, 0.29) is 5.91 Å². The Morgan fingerprint density at radius 1 is 1.04 bits per heavy atom. The van der Waals surface area contributed by atoms with E-state index in [1.165, 1.54) is 43.5 Å². The van der Waals surface area contributed by atoms with Crippen molar-refractivity contribution in [2.75, 3.05) is 24.5 Å². The van der Waals surface area contributed by atoms with Crippen LogP contribution in [0, 0.1) is 0 Å². The number of hydrogen-bond donors (Lipinski definition) is 0. The zero-order valence-corrected chi connectivity index (χ0v) is 16.5. The van der Waals surface area contributed by atoms with Crippen molar-refractivity contribution in [1.82, 2.24) is 4.90 Å². The summed E-state index contributed by atoms with van der Waals surface area (Å²) in [5.41, 5.74) is 4.81. The molecule has 2 aliphatic rings. The maximum Gasteiger partial charge on any atom is 0.258 e. The number of carbonyl (C=O) groups is 1. The van der Waals surface area contributed by atoms with Crippen molar-refractivity contribution in [3.05, 3.63) is 65.2 Å². The smallest absolute Gasteiger partial charge is 0.258 e. The molecule has 2 aromatic carbocycles. The van der Waals surface area contributed by atoms with Gasteiger partial charge in [0.05, 0.1) is 0 Å². The summed E-state index contributed by atoms with van der Waals surface area (Å²) in [7, 11) is 0. The van der Waals surface area contributed by atoms with Gasteiger partial charge in [0.2, 0.25) is 0 Å². The summed E-state index contributed by atoms with van der Waals surface area (Å²) in [6.45, 7) is 7.71. The number of carbonyl (C=O) groups excluding carboxylic acids is 1. The van der Waals surface area contributed by atoms with Gasteiger partial charge in [-0.25, -0.2) is 0 Å². The van der Waals surface area contributed by atoms with E-state index >= 15 is 0 Å². The van der Waals surface area contributed by atoms with Crippen LogP contribution in [-0.2, 0) is 6.42 Å². The first-order chi connectivity index (χ1) is 13.2. The summed E-state index contributed by atoms with van der Waals surface area (Å²) < 4.78 is 0. The van der Waals surface area contributed by atoms with Gasteiger partial charge in [0.25, 0.3) is 5.91 Å². The summed E-state index contributed by atoms with van der Waals surface area (Å²) in [5, 5.41) is 0. The first-order valence-corrected chi connectivity index (χ1v) is 10.5. The standard InChI is InChI=1S/C24H30N2O/c1-3-13-25(14-4-2)21-15-19-11-8-12-22-23(19)20(16-21)17-26(22)24(27)18-9-6-5-7-10-18/h5-12,20-21H,3-4,13-17H2,1-2H3. The lowest BCUT2D eigenvalue weighted by Crippen LogP contribution is -2.41. The number of benzene rings is 2. The lowest BCUT2D eigenvalue weighted by atomic mass is 9.80. The van der Waals surface area contributed by atoms with Crippen molar-refractivity contribution in [3.8, 4) is 0 Å². The average molecular weight is 363 g/mol. The van der Waals surface area contributed by atoms with Crippen LogP contribution in [0.15, 0.2) is 48.5 Å². The molecule has 1 aliphatic heterocycles. The third-order valence-electron chi connectivity index (χ3n) is 6.09. The third-order valence-corrected chi connectivity index (χ3v) is 6.09. The van der Waals surface area contributed by atoms with E-state index in [2.05, 4.69) is 36.9 Å². The van der Waals surface area contributed by atoms with Crippen LogP contribution in [0.2, 0.25) is 0 Å². The molecule has 1 heterocycles. The van der Waals surface area contributed by atoms with Crippen molar-refractivity contribution >= 4 is 11.6 Å². The average Bonchev–Trinajstić information content (AvgIpc) is 3.08. The van der Waals surface area contributed by atoms with Crippen LogP contribution >= 0.6 is 0 Å². The van der Waals surface area contributed by atoms with Gasteiger partial charge in [0.15, 0.2) is 0 Å². The molecule has 0 saturated heterocycles. The normalized spacial score (nSPS) is 20.8. The Labute approximate surface area is 163 Å². The Bertz CT molecular complexity index is 795. The van der Waals surface area contributed by atoms with Crippen LogP contribution in [0.3, 0.4) is 0 Å². The molecule has 0 aromatic heterocycles. The second kappa shape index (κ2) is 7.85. The predicted octanol–water partition coefficient (Wildman–Crippen LogP) is 4.87. The highest BCUT2D eigenvalue weighted by Crippen LogP contribution is 2.45. The summed E-state index contributed by atoms with van der Waals surface area (Å²) in [6.07, 6.45) is 4.69. The summed E-state index contributed by atoms with van der Waals surface area (Å²) in [6, 6.07) is 16.8. The molecule has 0 N–H and O–H groups in total. The van der Waals surface area contributed by atoms with E-state index in [1.54, 1.807) is 0 Å². The summed E-state index contributed by atoms with van der Waals surface area (Å²) in [5.74, 6) is 0.604. The first-order valence-electron chi connectivity index (χ1n) is 10.5. The number of amides is 1. The van der Waals surface area contributed by atoms with Crippen molar-refractivity contribution in [3.63, 3.8) is 0 Å². The Balaban J connectivity index is 1.62. The highest BCUT2D eigenvalue weighted by Gasteiger charge is 2.39. The summed E-state index contributed by atoms with van der Waals surface area (Å²) >= 11 is 0. The fourth-order valence-corrected chi connectivity index (χ4v) is 5.01. The van der Waals surface area contributed by atoms with Gasteiger partial charge < -0.3 is 9.80 Å². The van der Waals surface area contributed by atoms with Gasteiger partial charge in [-0.05, 0) is 68.1 Å². The fourth-order valence-electron chi connectivity index (χ4n) is 5.01.